The molecule has 14 heteroatoms. The van der Waals surface area contributed by atoms with E-state index in [1.165, 1.54) is 12.1 Å². The van der Waals surface area contributed by atoms with Gasteiger partial charge in [0.2, 0.25) is 5.66 Å². The summed E-state index contributed by atoms with van der Waals surface area (Å²) in [5, 5.41) is 50.0. The fourth-order valence-electron chi connectivity index (χ4n) is 2.33. The van der Waals surface area contributed by atoms with Crippen molar-refractivity contribution in [3.8, 4) is 0 Å². The fraction of sp³-hybridized carbons (Fsp3) is 0.333. The SMILES string of the molecule is O=C(NCO)N(CO)C1(CO)C(=O)NC(=O)N1CO.O=C([O-])c1ccccc1.[Na+]. The minimum Gasteiger partial charge on any atom is -0.545 e. The maximum Gasteiger partial charge on any atom is 1.00 e. The number of nitrogens with one attached hydrogen (secondary N) is 2. The number of aliphatic hydroxyl groups excluding tert-OH is 4. The first-order chi connectivity index (χ1) is 13.3. The molecule has 0 aromatic heterocycles. The monoisotopic (exact) mass is 422 g/mol. The number of rotatable bonds is 6. The predicted molar refractivity (Wildman–Crippen MR) is 87.6 cm³/mol. The van der Waals surface area contributed by atoms with E-state index in [4.69, 9.17) is 15.3 Å². The van der Waals surface area contributed by atoms with Gasteiger partial charge in [-0.3, -0.25) is 19.9 Å². The maximum atomic E-state index is 11.8. The zero-order valence-corrected chi connectivity index (χ0v) is 17.4. The van der Waals surface area contributed by atoms with Gasteiger partial charge in [-0.1, -0.05) is 30.3 Å². The Morgan fingerprint density at radius 1 is 1.14 bits per heavy atom. The number of amides is 5. The minimum absolute atomic E-state index is 0. The molecule has 1 aromatic rings. The van der Waals surface area contributed by atoms with E-state index in [0.717, 1.165) is 0 Å². The molecule has 1 atom stereocenters. The summed E-state index contributed by atoms with van der Waals surface area (Å²) in [7, 11) is 0. The van der Waals surface area contributed by atoms with Crippen LogP contribution in [0.2, 0.25) is 0 Å². The number of carbonyl (C=O) groups is 4. The second-order valence-corrected chi connectivity index (χ2v) is 5.17. The van der Waals surface area contributed by atoms with Crippen LogP contribution in [0.15, 0.2) is 30.3 Å². The first-order valence-corrected chi connectivity index (χ1v) is 7.68. The second-order valence-electron chi connectivity index (χ2n) is 5.17. The number of benzene rings is 1. The van der Waals surface area contributed by atoms with Crippen molar-refractivity contribution >= 4 is 23.9 Å². The van der Waals surface area contributed by atoms with Crippen LogP contribution in [0.4, 0.5) is 9.59 Å². The Morgan fingerprint density at radius 3 is 2.10 bits per heavy atom. The Labute approximate surface area is 186 Å². The summed E-state index contributed by atoms with van der Waals surface area (Å²) in [6, 6.07) is 5.92. The van der Waals surface area contributed by atoms with Crippen LogP contribution in [-0.4, -0.2) is 86.6 Å². The van der Waals surface area contributed by atoms with Gasteiger partial charge in [0.15, 0.2) is 0 Å². The molecule has 154 valence electrons. The molecule has 1 fully saturated rings. The van der Waals surface area contributed by atoms with Gasteiger partial charge in [-0.15, -0.1) is 0 Å². The molecule has 13 nitrogen and oxygen atoms in total. The topological polar surface area (TPSA) is 203 Å². The van der Waals surface area contributed by atoms with Gasteiger partial charge in [0, 0.05) is 0 Å². The average Bonchev–Trinajstić information content (AvgIpc) is 2.93. The van der Waals surface area contributed by atoms with Crippen LogP contribution in [0.1, 0.15) is 10.4 Å². The third kappa shape index (κ3) is 5.86. The van der Waals surface area contributed by atoms with Gasteiger partial charge in [-0.2, -0.15) is 0 Å². The number of urea groups is 2. The Kier molecular flexibility index (Phi) is 11.4. The van der Waals surface area contributed by atoms with Crippen molar-refractivity contribution in [1.29, 1.82) is 0 Å². The molecule has 1 aliphatic rings. The van der Waals surface area contributed by atoms with E-state index in [0.29, 0.717) is 9.80 Å². The Morgan fingerprint density at radius 2 is 1.72 bits per heavy atom. The van der Waals surface area contributed by atoms with Gasteiger partial charge in [0.25, 0.3) is 5.91 Å². The number of carboxylic acids is 1. The van der Waals surface area contributed by atoms with E-state index in [1.54, 1.807) is 23.5 Å². The zero-order chi connectivity index (χ0) is 21.3. The second kappa shape index (κ2) is 12.3. The van der Waals surface area contributed by atoms with E-state index < -0.39 is 56.4 Å². The van der Waals surface area contributed by atoms with Crippen LogP contribution in [-0.2, 0) is 4.79 Å². The Balaban J connectivity index is 0.000000658. The van der Waals surface area contributed by atoms with E-state index in [2.05, 4.69) is 0 Å². The molecule has 5 amide bonds. The number of nitrogens with zero attached hydrogens (tertiary/aromatic N) is 2. The normalized spacial score (nSPS) is 17.4. The number of aromatic carboxylic acids is 1. The van der Waals surface area contributed by atoms with Crippen molar-refractivity contribution in [1.82, 2.24) is 20.4 Å². The van der Waals surface area contributed by atoms with Crippen LogP contribution < -0.4 is 45.3 Å². The molecule has 2 rings (SSSR count). The summed E-state index contributed by atoms with van der Waals surface area (Å²) in [5.41, 5.74) is -2.06. The molecular weight excluding hydrogens is 403 g/mol. The summed E-state index contributed by atoms with van der Waals surface area (Å²) >= 11 is 0. The number of carbonyl (C=O) groups excluding carboxylic acids is 4. The smallest absolute Gasteiger partial charge is 0.545 e. The van der Waals surface area contributed by atoms with Crippen molar-refractivity contribution in [2.75, 3.05) is 26.8 Å². The van der Waals surface area contributed by atoms with Crippen LogP contribution in [0.3, 0.4) is 0 Å². The quantitative estimate of drug-likeness (QED) is 0.146. The number of hydrogen-bond donors (Lipinski definition) is 6. The molecule has 0 saturated carbocycles. The van der Waals surface area contributed by atoms with Crippen molar-refractivity contribution in [3.05, 3.63) is 35.9 Å². The molecule has 6 N–H and O–H groups in total. The summed E-state index contributed by atoms with van der Waals surface area (Å²) in [4.78, 5) is 45.8. The summed E-state index contributed by atoms with van der Waals surface area (Å²) < 4.78 is 0. The molecule has 0 spiro atoms. The van der Waals surface area contributed by atoms with Gasteiger partial charge in [0.05, 0.1) is 12.6 Å². The predicted octanol–water partition coefficient (Wildman–Crippen LogP) is -6.86. The van der Waals surface area contributed by atoms with Crippen molar-refractivity contribution in [2.45, 2.75) is 5.66 Å². The third-order valence-corrected chi connectivity index (χ3v) is 3.71. The molecule has 0 radical (unpaired) electrons. The van der Waals surface area contributed by atoms with Crippen molar-refractivity contribution in [2.24, 2.45) is 0 Å². The molecule has 1 heterocycles. The van der Waals surface area contributed by atoms with E-state index in [-0.39, 0.29) is 35.1 Å². The standard InChI is InChI=1S/C8H14N4O7.C7H6O2.Na/c13-1-8(11(3-15)6(18)9-2-14)5(17)10-7(19)12(8)4-16;8-7(9)6-4-2-1-3-5-6;/h13-16H,1-4H2,(H,9,18)(H,10,17,19);1-5H,(H,8,9);/q;;+1/p-1. The minimum atomic E-state index is -2.28. The number of carboxylic acid groups (broad SMARTS) is 1. The molecule has 1 aromatic carbocycles. The molecule has 1 saturated heterocycles. The largest absolute Gasteiger partial charge is 1.00 e. The zero-order valence-electron chi connectivity index (χ0n) is 15.4. The molecular formula is C15H19N4NaO9. The molecule has 0 bridgehead atoms. The first kappa shape index (κ1) is 26.7. The van der Waals surface area contributed by atoms with Gasteiger partial charge in [0.1, 0.15) is 20.2 Å². The van der Waals surface area contributed by atoms with E-state index in [9.17, 15) is 29.4 Å². The Bertz CT molecular complexity index is 721. The number of aliphatic hydroxyl groups is 4. The maximum absolute atomic E-state index is 11.8. The van der Waals surface area contributed by atoms with Gasteiger partial charge in [-0.25, -0.2) is 9.59 Å². The van der Waals surface area contributed by atoms with Crippen LogP contribution in [0.25, 0.3) is 0 Å². The van der Waals surface area contributed by atoms with Crippen molar-refractivity contribution in [3.63, 3.8) is 0 Å². The number of imide groups is 1. The van der Waals surface area contributed by atoms with Gasteiger partial charge < -0.3 is 35.6 Å². The fourth-order valence-corrected chi connectivity index (χ4v) is 2.33. The number of hydrogen-bond acceptors (Lipinski definition) is 9. The summed E-state index contributed by atoms with van der Waals surface area (Å²) in [6.45, 7) is -3.85. The van der Waals surface area contributed by atoms with Crippen LogP contribution in [0.5, 0.6) is 0 Å². The summed E-state index contributed by atoms with van der Waals surface area (Å²) in [5.74, 6) is -2.22. The van der Waals surface area contributed by atoms with E-state index in [1.807, 2.05) is 5.32 Å². The molecule has 1 unspecified atom stereocenters. The van der Waals surface area contributed by atoms with Gasteiger partial charge >= 0.3 is 41.6 Å². The molecule has 1 aliphatic heterocycles. The third-order valence-electron chi connectivity index (χ3n) is 3.71. The summed E-state index contributed by atoms with van der Waals surface area (Å²) in [6.07, 6.45) is 0. The van der Waals surface area contributed by atoms with Crippen LogP contribution in [0, 0.1) is 0 Å². The molecule has 29 heavy (non-hydrogen) atoms. The van der Waals surface area contributed by atoms with Crippen LogP contribution >= 0.6 is 0 Å². The Hall–Kier alpha value is -2.26. The van der Waals surface area contributed by atoms with Gasteiger partial charge in [-0.05, 0) is 5.56 Å². The first-order valence-electron chi connectivity index (χ1n) is 7.68. The average molecular weight is 422 g/mol. The van der Waals surface area contributed by atoms with E-state index >= 15 is 0 Å². The molecule has 0 aliphatic carbocycles. The van der Waals surface area contributed by atoms with Crippen molar-refractivity contribution < 1.29 is 74.3 Å².